The summed E-state index contributed by atoms with van der Waals surface area (Å²) < 4.78 is 5.00. The van der Waals surface area contributed by atoms with Crippen molar-refractivity contribution in [2.45, 2.75) is 20.3 Å². The van der Waals surface area contributed by atoms with Crippen LogP contribution in [0.1, 0.15) is 26.1 Å². The third-order valence-corrected chi connectivity index (χ3v) is 3.57. The lowest BCUT2D eigenvalue weighted by atomic mass is 10.4. The molecule has 0 saturated carbocycles. The molecule has 0 aliphatic rings. The van der Waals surface area contributed by atoms with E-state index in [0.717, 1.165) is 17.1 Å². The van der Waals surface area contributed by atoms with Crippen molar-refractivity contribution < 1.29 is 9.21 Å². The van der Waals surface area contributed by atoms with Crippen molar-refractivity contribution in [3.05, 3.63) is 39.7 Å². The van der Waals surface area contributed by atoms with Crippen molar-refractivity contribution in [2.24, 2.45) is 0 Å². The third-order valence-electron chi connectivity index (χ3n) is 2.44. The zero-order valence-electron chi connectivity index (χ0n) is 9.82. The highest BCUT2D eigenvalue weighted by Gasteiger charge is 2.08. The molecule has 17 heavy (non-hydrogen) atoms. The highest BCUT2D eigenvalue weighted by Crippen LogP contribution is 2.16. The molecule has 0 spiro atoms. The van der Waals surface area contributed by atoms with Crippen LogP contribution < -0.4 is 5.32 Å². The maximum atomic E-state index is 11.5. The molecule has 0 saturated heterocycles. The molecular formula is C12H14N2O2S. The van der Waals surface area contributed by atoms with Gasteiger partial charge in [-0.05, 0) is 26.0 Å². The Morgan fingerprint density at radius 2 is 2.35 bits per heavy atom. The van der Waals surface area contributed by atoms with E-state index in [4.69, 9.17) is 4.42 Å². The molecule has 1 amide bonds. The molecule has 0 aliphatic carbocycles. The second-order valence-electron chi connectivity index (χ2n) is 3.73. The van der Waals surface area contributed by atoms with Crippen LogP contribution in [0, 0.1) is 13.8 Å². The number of rotatable bonds is 4. The Hall–Kier alpha value is -1.62. The summed E-state index contributed by atoms with van der Waals surface area (Å²) in [5.41, 5.74) is 1.07. The molecule has 0 radical (unpaired) electrons. The Morgan fingerprint density at radius 1 is 1.53 bits per heavy atom. The first kappa shape index (κ1) is 11.9. The fourth-order valence-corrected chi connectivity index (χ4v) is 2.36. The highest BCUT2D eigenvalue weighted by atomic mass is 32.1. The number of amides is 1. The second kappa shape index (κ2) is 5.14. The molecule has 2 aromatic heterocycles. The number of carbonyl (C=O) groups excluding carboxylic acids is 1. The lowest BCUT2D eigenvalue weighted by Gasteiger charge is -2.00. The Kier molecular flexibility index (Phi) is 3.58. The predicted molar refractivity (Wildman–Crippen MR) is 66.3 cm³/mol. The Morgan fingerprint density at radius 3 is 2.94 bits per heavy atom. The molecule has 2 rings (SSSR count). The molecule has 0 aromatic carbocycles. The van der Waals surface area contributed by atoms with Gasteiger partial charge in [0.2, 0.25) is 0 Å². The minimum absolute atomic E-state index is 0.181. The summed E-state index contributed by atoms with van der Waals surface area (Å²) in [5.74, 6) is 0.163. The maximum absolute atomic E-state index is 11.5. The summed E-state index contributed by atoms with van der Waals surface area (Å²) in [6, 6.07) is 3.34. The van der Waals surface area contributed by atoms with Gasteiger partial charge in [-0.1, -0.05) is 0 Å². The van der Waals surface area contributed by atoms with Gasteiger partial charge in [-0.25, -0.2) is 4.98 Å². The Bertz CT molecular complexity index is 483. The summed E-state index contributed by atoms with van der Waals surface area (Å²) in [5, 5.41) is 3.85. The molecule has 0 bridgehead atoms. The monoisotopic (exact) mass is 250 g/mol. The van der Waals surface area contributed by atoms with Crippen LogP contribution in [0.5, 0.6) is 0 Å². The standard InChI is InChI=1S/C12H14N2O2S/c1-8-9(2)17-11(14-8)5-6-13-12(15)10-4-3-7-16-10/h3-4,7H,5-6H2,1-2H3,(H,13,15). The molecule has 0 aliphatic heterocycles. The van der Waals surface area contributed by atoms with Crippen LogP contribution in [0.25, 0.3) is 0 Å². The number of hydrogen-bond donors (Lipinski definition) is 1. The topological polar surface area (TPSA) is 55.1 Å². The van der Waals surface area contributed by atoms with Crippen molar-refractivity contribution in [1.82, 2.24) is 10.3 Å². The number of hydrogen-bond acceptors (Lipinski definition) is 4. The van der Waals surface area contributed by atoms with Gasteiger partial charge >= 0.3 is 0 Å². The first-order chi connectivity index (χ1) is 8.16. The molecule has 5 heteroatoms. The minimum Gasteiger partial charge on any atom is -0.459 e. The Labute approximate surface area is 104 Å². The van der Waals surface area contributed by atoms with Crippen molar-refractivity contribution in [3.8, 4) is 0 Å². The maximum Gasteiger partial charge on any atom is 0.286 e. The van der Waals surface area contributed by atoms with E-state index in [2.05, 4.69) is 17.2 Å². The van der Waals surface area contributed by atoms with Gasteiger partial charge < -0.3 is 9.73 Å². The van der Waals surface area contributed by atoms with Crippen molar-refractivity contribution in [3.63, 3.8) is 0 Å². The molecule has 0 fully saturated rings. The summed E-state index contributed by atoms with van der Waals surface area (Å²) >= 11 is 1.68. The van der Waals surface area contributed by atoms with Gasteiger partial charge in [-0.3, -0.25) is 4.79 Å². The molecule has 2 heterocycles. The first-order valence-corrected chi connectivity index (χ1v) is 6.23. The van der Waals surface area contributed by atoms with Crippen LogP contribution in [0.3, 0.4) is 0 Å². The van der Waals surface area contributed by atoms with Gasteiger partial charge in [-0.2, -0.15) is 0 Å². The molecule has 1 N–H and O–H groups in total. The number of nitrogens with one attached hydrogen (secondary N) is 1. The van der Waals surface area contributed by atoms with Crippen LogP contribution in [-0.4, -0.2) is 17.4 Å². The molecular weight excluding hydrogens is 236 g/mol. The number of furan rings is 1. The van der Waals surface area contributed by atoms with Crippen molar-refractivity contribution in [1.29, 1.82) is 0 Å². The number of nitrogens with zero attached hydrogens (tertiary/aromatic N) is 1. The molecule has 0 unspecified atom stereocenters. The largest absolute Gasteiger partial charge is 0.459 e. The van der Waals surface area contributed by atoms with Gasteiger partial charge in [0.15, 0.2) is 5.76 Å². The predicted octanol–water partition coefficient (Wildman–Crippen LogP) is 2.33. The van der Waals surface area contributed by atoms with Gasteiger partial charge in [0, 0.05) is 17.8 Å². The first-order valence-electron chi connectivity index (χ1n) is 5.41. The van der Waals surface area contributed by atoms with Crippen LogP contribution >= 0.6 is 11.3 Å². The average Bonchev–Trinajstić information content (AvgIpc) is 2.90. The fourth-order valence-electron chi connectivity index (χ4n) is 1.42. The van der Waals surface area contributed by atoms with E-state index < -0.39 is 0 Å². The quantitative estimate of drug-likeness (QED) is 0.906. The molecule has 0 atom stereocenters. The van der Waals surface area contributed by atoms with Crippen LogP contribution in [0.2, 0.25) is 0 Å². The van der Waals surface area contributed by atoms with Crippen LogP contribution in [0.4, 0.5) is 0 Å². The van der Waals surface area contributed by atoms with Gasteiger partial charge in [0.25, 0.3) is 5.91 Å². The molecule has 2 aromatic rings. The van der Waals surface area contributed by atoms with E-state index in [1.165, 1.54) is 11.1 Å². The summed E-state index contributed by atoms with van der Waals surface area (Å²) in [6.45, 7) is 4.63. The van der Waals surface area contributed by atoms with Crippen molar-refractivity contribution in [2.75, 3.05) is 6.54 Å². The number of thiazole rings is 1. The van der Waals surface area contributed by atoms with Crippen LogP contribution in [-0.2, 0) is 6.42 Å². The minimum atomic E-state index is -0.181. The third kappa shape index (κ3) is 2.94. The average molecular weight is 250 g/mol. The zero-order chi connectivity index (χ0) is 12.3. The van der Waals surface area contributed by atoms with Gasteiger partial charge in [-0.15, -0.1) is 11.3 Å². The lowest BCUT2D eigenvalue weighted by Crippen LogP contribution is -2.25. The van der Waals surface area contributed by atoms with Crippen molar-refractivity contribution >= 4 is 17.2 Å². The number of aryl methyl sites for hydroxylation is 2. The van der Waals surface area contributed by atoms with E-state index >= 15 is 0 Å². The summed E-state index contributed by atoms with van der Waals surface area (Å²) in [7, 11) is 0. The highest BCUT2D eigenvalue weighted by molar-refractivity contribution is 7.11. The normalized spacial score (nSPS) is 10.5. The van der Waals surface area contributed by atoms with E-state index in [1.54, 1.807) is 23.5 Å². The van der Waals surface area contributed by atoms with E-state index in [1.807, 2.05) is 6.92 Å². The SMILES string of the molecule is Cc1nc(CCNC(=O)c2ccco2)sc1C. The summed E-state index contributed by atoms with van der Waals surface area (Å²) in [6.07, 6.45) is 2.24. The number of aromatic nitrogens is 1. The molecule has 4 nitrogen and oxygen atoms in total. The summed E-state index contributed by atoms with van der Waals surface area (Å²) in [4.78, 5) is 17.2. The Balaban J connectivity index is 1.82. The molecule has 90 valence electrons. The number of carbonyl (C=O) groups is 1. The lowest BCUT2D eigenvalue weighted by molar-refractivity contribution is 0.0926. The van der Waals surface area contributed by atoms with Gasteiger partial charge in [0.05, 0.1) is 17.0 Å². The zero-order valence-corrected chi connectivity index (χ0v) is 10.6. The smallest absolute Gasteiger partial charge is 0.286 e. The van der Waals surface area contributed by atoms with E-state index in [9.17, 15) is 4.79 Å². The van der Waals surface area contributed by atoms with E-state index in [0.29, 0.717) is 12.3 Å². The van der Waals surface area contributed by atoms with Crippen LogP contribution in [0.15, 0.2) is 22.8 Å². The van der Waals surface area contributed by atoms with Gasteiger partial charge in [0.1, 0.15) is 0 Å². The second-order valence-corrected chi connectivity index (χ2v) is 5.02. The van der Waals surface area contributed by atoms with E-state index in [-0.39, 0.29) is 5.91 Å². The fraction of sp³-hybridized carbons (Fsp3) is 0.333.